The van der Waals surface area contributed by atoms with Gasteiger partial charge in [0.2, 0.25) is 0 Å². The first-order valence-corrected chi connectivity index (χ1v) is 44.2. The van der Waals surface area contributed by atoms with Crippen molar-refractivity contribution in [3.8, 4) is 157 Å². The molecule has 10 nitrogen and oxygen atoms in total. The average Bonchev–Trinajstić information content (AvgIpc) is 1.59. The van der Waals surface area contributed by atoms with Crippen molar-refractivity contribution in [3.63, 3.8) is 0 Å². The van der Waals surface area contributed by atoms with Crippen molar-refractivity contribution >= 4 is 64.3 Å². The van der Waals surface area contributed by atoms with Gasteiger partial charge < -0.3 is 20.1 Å². The Kier molecular flexibility index (Phi) is 26.5. The van der Waals surface area contributed by atoms with Gasteiger partial charge in [-0.2, -0.15) is 0 Å². The molecule has 2 aliphatic rings. The van der Waals surface area contributed by atoms with Gasteiger partial charge in [0.15, 0.2) is 17.5 Å². The second-order valence-corrected chi connectivity index (χ2v) is 34.3. The summed E-state index contributed by atoms with van der Waals surface area (Å²) in [5.41, 5.74) is 33.0. The number of fused-ring (bicyclic) bond motifs is 6. The van der Waals surface area contributed by atoms with Gasteiger partial charge in [-0.05, 0) is 168 Å². The van der Waals surface area contributed by atoms with E-state index < -0.39 is 14.2 Å². The van der Waals surface area contributed by atoms with Crippen LogP contribution in [0.5, 0.6) is 0 Å². The summed E-state index contributed by atoms with van der Waals surface area (Å²) >= 11 is 15.3. The van der Waals surface area contributed by atoms with Gasteiger partial charge in [-0.15, -0.1) is 0 Å². The summed E-state index contributed by atoms with van der Waals surface area (Å²) in [4.78, 5) is 29.5. The molecule has 0 radical (unpaired) electrons. The van der Waals surface area contributed by atoms with Crippen LogP contribution in [0.1, 0.15) is 49.9 Å². The number of nitrogens with zero attached hydrogens (tertiary/aromatic N) is 6. The van der Waals surface area contributed by atoms with E-state index in [1.165, 1.54) is 56.1 Å². The van der Waals surface area contributed by atoms with Crippen LogP contribution >= 0.6 is 39.1 Å². The molecule has 0 atom stereocenters. The Labute approximate surface area is 771 Å². The van der Waals surface area contributed by atoms with E-state index >= 15 is 0 Å². The lowest BCUT2D eigenvalue weighted by Crippen LogP contribution is -2.30. The number of hydrogen-bond donors (Lipinski definition) is 4. The number of aromatic nitrogens is 6. The van der Waals surface area contributed by atoms with Gasteiger partial charge in [-0.25, -0.2) is 29.9 Å². The smallest absolute Gasteiger partial charge is 0.423 e. The first kappa shape index (κ1) is 86.9. The Bertz CT molecular complexity index is 7010. The normalized spacial score (nSPS) is 12.0. The van der Waals surface area contributed by atoms with Gasteiger partial charge in [0.25, 0.3) is 0 Å². The van der Waals surface area contributed by atoms with Crippen LogP contribution in [-0.4, -0.2) is 64.2 Å². The minimum atomic E-state index is -1.43. The van der Waals surface area contributed by atoms with E-state index in [0.717, 1.165) is 127 Å². The van der Waals surface area contributed by atoms with Crippen LogP contribution in [0, 0.1) is 0 Å². The molecule has 2 aliphatic carbocycles. The highest BCUT2D eigenvalue weighted by Gasteiger charge is 2.37. The molecular formula is C114H87B2BrCl2N6O4. The average molecular weight is 1780 g/mol. The topological polar surface area (TPSA) is 158 Å². The number of hydrogen-bond acceptors (Lipinski definition) is 10. The molecule has 0 spiro atoms. The molecule has 16 aromatic carbocycles. The number of benzene rings is 16. The van der Waals surface area contributed by atoms with Crippen molar-refractivity contribution < 1.29 is 20.1 Å². The highest BCUT2D eigenvalue weighted by molar-refractivity contribution is 9.10. The van der Waals surface area contributed by atoms with Crippen LogP contribution in [0.25, 0.3) is 157 Å². The quantitative estimate of drug-likeness (QED) is 0.0773. The molecule has 0 amide bonds. The van der Waals surface area contributed by atoms with E-state index in [-0.39, 0.29) is 10.8 Å². The zero-order chi connectivity index (χ0) is 89.0. The third kappa shape index (κ3) is 20.1. The Hall–Kier alpha value is -14.2. The molecule has 4 N–H and O–H groups in total. The molecule has 19 aromatic rings. The third-order valence-corrected chi connectivity index (χ3v) is 24.2. The first-order chi connectivity index (χ1) is 62.8. The van der Waals surface area contributed by atoms with Crippen LogP contribution in [-0.2, 0) is 10.8 Å². The Morgan fingerprint density at radius 3 is 0.806 bits per heavy atom. The molecule has 3 aromatic heterocycles. The van der Waals surface area contributed by atoms with Crippen molar-refractivity contribution in [2.45, 2.75) is 38.5 Å². The Morgan fingerprint density at radius 1 is 0.209 bits per heavy atom. The molecule has 0 saturated heterocycles. The predicted molar refractivity (Wildman–Crippen MR) is 537 cm³/mol. The van der Waals surface area contributed by atoms with Crippen molar-refractivity contribution in [3.05, 3.63) is 467 Å². The Balaban J connectivity index is 0.000000122. The van der Waals surface area contributed by atoms with Gasteiger partial charge in [0.1, 0.15) is 0 Å². The summed E-state index contributed by atoms with van der Waals surface area (Å²) < 4.78 is 1.01. The maximum Gasteiger partial charge on any atom is 0.488 e. The highest BCUT2D eigenvalue weighted by atomic mass is 79.9. The molecule has 3 heterocycles. The molecule has 0 fully saturated rings. The molecule has 0 unspecified atom stereocenters. The zero-order valence-electron chi connectivity index (χ0n) is 71.3. The summed E-state index contributed by atoms with van der Waals surface area (Å²) in [6.45, 7) is 9.06. The molecule has 624 valence electrons. The van der Waals surface area contributed by atoms with E-state index in [1.54, 1.807) is 24.3 Å². The van der Waals surface area contributed by atoms with Crippen LogP contribution in [0.3, 0.4) is 0 Å². The van der Waals surface area contributed by atoms with Crippen molar-refractivity contribution in [2.75, 3.05) is 0 Å². The Morgan fingerprint density at radius 2 is 0.465 bits per heavy atom. The van der Waals surface area contributed by atoms with Crippen LogP contribution in [0.4, 0.5) is 0 Å². The lowest BCUT2D eigenvalue weighted by Gasteiger charge is -2.21. The van der Waals surface area contributed by atoms with Crippen LogP contribution < -0.4 is 10.9 Å². The zero-order valence-corrected chi connectivity index (χ0v) is 74.4. The van der Waals surface area contributed by atoms with E-state index in [0.29, 0.717) is 27.6 Å². The second kappa shape index (κ2) is 39.4. The fraction of sp³-hybridized carbons (Fsp3) is 0.0526. The molecule has 15 heteroatoms. The molecule has 129 heavy (non-hydrogen) atoms. The van der Waals surface area contributed by atoms with Gasteiger partial charge in [-0.1, -0.05) is 419 Å². The molecule has 0 aliphatic heterocycles. The van der Waals surface area contributed by atoms with Gasteiger partial charge >= 0.3 is 14.2 Å². The first-order valence-electron chi connectivity index (χ1n) is 42.6. The fourth-order valence-electron chi connectivity index (χ4n) is 16.6. The van der Waals surface area contributed by atoms with Gasteiger partial charge in [0.05, 0.1) is 34.2 Å². The lowest BCUT2D eigenvalue weighted by molar-refractivity contribution is 0.424. The predicted octanol–water partition coefficient (Wildman–Crippen LogP) is 26.8. The molecule has 0 saturated carbocycles. The minimum Gasteiger partial charge on any atom is -0.423 e. The third-order valence-electron chi connectivity index (χ3n) is 23.2. The fourth-order valence-corrected chi connectivity index (χ4v) is 17.4. The summed E-state index contributed by atoms with van der Waals surface area (Å²) in [5, 5.41) is 37.1. The minimum absolute atomic E-state index is 0.00695. The summed E-state index contributed by atoms with van der Waals surface area (Å²) in [6, 6.07) is 146. The largest absolute Gasteiger partial charge is 0.488 e. The van der Waals surface area contributed by atoms with E-state index in [1.807, 2.05) is 194 Å². The maximum atomic E-state index is 9.29. The second-order valence-electron chi connectivity index (χ2n) is 32.6. The van der Waals surface area contributed by atoms with Crippen LogP contribution in [0.2, 0.25) is 10.0 Å². The molecular weight excluding hydrogens is 1690 g/mol. The highest BCUT2D eigenvalue weighted by Crippen LogP contribution is 2.51. The van der Waals surface area contributed by atoms with Gasteiger partial charge in [0, 0.05) is 75.4 Å². The molecule has 21 rings (SSSR count). The van der Waals surface area contributed by atoms with E-state index in [9.17, 15) is 10.0 Å². The van der Waals surface area contributed by atoms with Crippen LogP contribution in [0.15, 0.2) is 435 Å². The SMILES string of the molecule is Brc1cccc(-c2nc(-c3ccccc3)cc(-c3ccccc3)n2)c1.CC1(C)c2ccccc2-c2cc(-c3cccc(-c4cccc(-c5nc(-c6ccccc6)cc(-c6ccccc6)n5)c4)c3)ccc21.CC1(C)c2ccccc2-c2cc(B(O)O)ccc21.Clc1cccc(-c2cccc(-c3nc(-c4ccccc4)cc(-c4ccccc4)n3)c2)c1.OB(O)c1cccc(Cl)c1. The van der Waals surface area contributed by atoms with Crippen molar-refractivity contribution in [2.24, 2.45) is 0 Å². The number of halogens is 3. The van der Waals surface area contributed by atoms with E-state index in [4.69, 9.17) is 63.2 Å². The summed E-state index contributed by atoms with van der Waals surface area (Å²) in [5.74, 6) is 2.14. The standard InChI is InChI=1S/C43H32N2.C28H19ClN2.C22H15BrN2.C15H15BO2.C6H6BClO2/c1-43(2)38-22-10-9-21-36(38)37-27-34(23-24-39(37)43)32-18-11-17-31(25-32)33-19-12-20-35(26-33)42-44-40(29-13-5-3-6-14-29)28-41(45-42)30-15-7-4-8-16-30;29-25-16-8-14-23(18-25)22-13-7-15-24(17-22)28-30-26(20-9-3-1-4-10-20)19-27(31-28)21-11-5-2-6-12-21;23-19-13-7-12-18(14-19)22-24-20(16-8-3-1-4-9-16)15-21(25-22)17-10-5-2-6-11-17;1-15(2)13-6-4-3-5-11(13)12-9-10(16(17)18)7-8-14(12)15;8-6-3-1-2-5(4-6)7(9)10/h3-28H,1-2H3;1-19H;1-15H;3-9,17-18H,1-2H3;1-4,9-10H. The summed E-state index contributed by atoms with van der Waals surface area (Å²) in [7, 11) is -2.84. The van der Waals surface area contributed by atoms with Crippen molar-refractivity contribution in [1.29, 1.82) is 0 Å². The lowest BCUT2D eigenvalue weighted by atomic mass is 9.77. The monoisotopic (exact) mass is 1770 g/mol. The van der Waals surface area contributed by atoms with Gasteiger partial charge in [-0.3, -0.25) is 0 Å². The van der Waals surface area contributed by atoms with E-state index in [2.05, 4.69) is 250 Å². The summed E-state index contributed by atoms with van der Waals surface area (Å²) in [6.07, 6.45) is 0. The number of rotatable bonds is 14. The maximum absolute atomic E-state index is 9.29. The molecule has 0 bridgehead atoms. The van der Waals surface area contributed by atoms with Crippen molar-refractivity contribution in [1.82, 2.24) is 29.9 Å².